The number of carboxylic acids is 1. The van der Waals surface area contributed by atoms with Crippen LogP contribution < -0.4 is 0 Å². The van der Waals surface area contributed by atoms with Crippen LogP contribution in [-0.4, -0.2) is 27.9 Å². The number of hydrogen-bond acceptors (Lipinski definition) is 2. The molecule has 1 fully saturated rings. The number of rotatable bonds is 1. The van der Waals surface area contributed by atoms with E-state index in [1.807, 2.05) is 37.3 Å². The Labute approximate surface area is 113 Å². The van der Waals surface area contributed by atoms with Crippen LogP contribution in [0.4, 0.5) is 0 Å². The molecule has 1 aromatic carbocycles. The molecular weight excluding hydrogens is 242 g/mol. The minimum Gasteiger partial charge on any atom is -0.474 e. The number of amides is 1. The Bertz CT molecular complexity index is 472. The van der Waals surface area contributed by atoms with Gasteiger partial charge in [0.25, 0.3) is 0 Å². The van der Waals surface area contributed by atoms with Crippen molar-refractivity contribution >= 4 is 11.9 Å². The number of nitrogens with zero attached hydrogens (tertiary/aromatic N) is 1. The third-order valence-corrected chi connectivity index (χ3v) is 4.10. The Balaban J connectivity index is 2.35. The van der Waals surface area contributed by atoms with Crippen molar-refractivity contribution in [2.45, 2.75) is 38.8 Å². The van der Waals surface area contributed by atoms with Gasteiger partial charge in [-0.15, -0.1) is 0 Å². The maximum Gasteiger partial charge on any atom is 0.394 e. The van der Waals surface area contributed by atoms with Crippen molar-refractivity contribution < 1.29 is 14.7 Å². The number of carbonyl (C=O) groups excluding carboxylic acids is 1. The highest BCUT2D eigenvalue weighted by molar-refractivity contribution is 6.31. The van der Waals surface area contributed by atoms with Gasteiger partial charge < -0.3 is 10.0 Å². The van der Waals surface area contributed by atoms with Crippen LogP contribution in [0.25, 0.3) is 0 Å². The summed E-state index contributed by atoms with van der Waals surface area (Å²) in [6.07, 6.45) is 1.82. The first kappa shape index (κ1) is 13.6. The number of carbonyl (C=O) groups is 2. The highest BCUT2D eigenvalue weighted by Gasteiger charge is 2.38. The van der Waals surface area contributed by atoms with Crippen LogP contribution in [0.15, 0.2) is 30.3 Å². The van der Waals surface area contributed by atoms with Gasteiger partial charge in [-0.25, -0.2) is 4.79 Å². The molecule has 0 aliphatic carbocycles. The predicted octanol–water partition coefficient (Wildman–Crippen LogP) is 2.46. The van der Waals surface area contributed by atoms with Gasteiger partial charge >= 0.3 is 11.9 Å². The molecule has 1 amide bonds. The molecule has 2 rings (SSSR count). The van der Waals surface area contributed by atoms with Gasteiger partial charge in [0.2, 0.25) is 0 Å². The van der Waals surface area contributed by atoms with Crippen LogP contribution in [0.3, 0.4) is 0 Å². The molecule has 0 saturated carbocycles. The van der Waals surface area contributed by atoms with E-state index in [9.17, 15) is 9.59 Å². The fourth-order valence-electron chi connectivity index (χ4n) is 2.80. The van der Waals surface area contributed by atoms with Crippen LogP contribution in [-0.2, 0) is 9.59 Å². The van der Waals surface area contributed by atoms with E-state index in [0.717, 1.165) is 18.4 Å². The summed E-state index contributed by atoms with van der Waals surface area (Å²) in [5.41, 5.74) is 1.01. The van der Waals surface area contributed by atoms with Crippen molar-refractivity contribution in [2.24, 2.45) is 5.92 Å². The van der Waals surface area contributed by atoms with Crippen LogP contribution in [0.2, 0.25) is 0 Å². The second-order valence-electron chi connectivity index (χ2n) is 5.24. The van der Waals surface area contributed by atoms with E-state index in [1.54, 1.807) is 0 Å². The largest absolute Gasteiger partial charge is 0.474 e. The zero-order valence-corrected chi connectivity index (χ0v) is 11.2. The van der Waals surface area contributed by atoms with Crippen LogP contribution in [0.1, 0.15) is 38.3 Å². The van der Waals surface area contributed by atoms with E-state index >= 15 is 0 Å². The van der Waals surface area contributed by atoms with Crippen molar-refractivity contribution in [3.05, 3.63) is 35.9 Å². The second kappa shape index (κ2) is 5.43. The lowest BCUT2D eigenvalue weighted by atomic mass is 9.84. The smallest absolute Gasteiger partial charge is 0.394 e. The minimum absolute atomic E-state index is 0.0532. The number of benzene rings is 1. The van der Waals surface area contributed by atoms with Gasteiger partial charge in [-0.3, -0.25) is 4.79 Å². The standard InChI is InChI=1S/C15H19NO3/c1-10-8-9-13(12-6-4-3-5-7-12)16(11(10)2)14(17)15(18)19/h3-7,10-11,13H,8-9H2,1-2H3,(H,18,19). The first-order valence-corrected chi connectivity index (χ1v) is 6.63. The summed E-state index contributed by atoms with van der Waals surface area (Å²) < 4.78 is 0. The normalized spacial score (nSPS) is 27.1. The third-order valence-electron chi connectivity index (χ3n) is 4.10. The summed E-state index contributed by atoms with van der Waals surface area (Å²) in [5.74, 6) is -1.85. The van der Waals surface area contributed by atoms with Gasteiger partial charge in [0.1, 0.15) is 0 Å². The SMILES string of the molecule is CC1CCC(c2ccccc2)N(C(=O)C(=O)O)C1C. The molecule has 3 unspecified atom stereocenters. The molecule has 0 radical (unpaired) electrons. The summed E-state index contributed by atoms with van der Waals surface area (Å²) in [7, 11) is 0. The average molecular weight is 261 g/mol. The van der Waals surface area contributed by atoms with Gasteiger partial charge in [-0.1, -0.05) is 37.3 Å². The van der Waals surface area contributed by atoms with Crippen molar-refractivity contribution in [1.82, 2.24) is 4.90 Å². The number of piperidine rings is 1. The maximum absolute atomic E-state index is 12.0. The van der Waals surface area contributed by atoms with Crippen molar-refractivity contribution in [3.8, 4) is 0 Å². The van der Waals surface area contributed by atoms with Crippen molar-refractivity contribution in [2.75, 3.05) is 0 Å². The zero-order valence-electron chi connectivity index (χ0n) is 11.2. The van der Waals surface area contributed by atoms with Crippen molar-refractivity contribution in [3.63, 3.8) is 0 Å². The summed E-state index contributed by atoms with van der Waals surface area (Å²) in [6, 6.07) is 9.48. The monoisotopic (exact) mass is 261 g/mol. The highest BCUT2D eigenvalue weighted by Crippen LogP contribution is 2.37. The summed E-state index contributed by atoms with van der Waals surface area (Å²) in [6.45, 7) is 3.99. The molecule has 0 bridgehead atoms. The predicted molar refractivity (Wildman–Crippen MR) is 71.5 cm³/mol. The fraction of sp³-hybridized carbons (Fsp3) is 0.467. The number of aliphatic carboxylic acids is 1. The molecule has 1 aromatic rings. The first-order chi connectivity index (χ1) is 9.02. The van der Waals surface area contributed by atoms with Crippen molar-refractivity contribution in [1.29, 1.82) is 0 Å². The van der Waals surface area contributed by atoms with E-state index in [-0.39, 0.29) is 12.1 Å². The van der Waals surface area contributed by atoms with E-state index in [4.69, 9.17) is 5.11 Å². The lowest BCUT2D eigenvalue weighted by Crippen LogP contribution is -2.50. The molecule has 19 heavy (non-hydrogen) atoms. The Kier molecular flexibility index (Phi) is 3.88. The Hall–Kier alpha value is -1.84. The lowest BCUT2D eigenvalue weighted by Gasteiger charge is -2.43. The number of likely N-dealkylation sites (tertiary alicyclic amines) is 1. The topological polar surface area (TPSA) is 57.6 Å². The second-order valence-corrected chi connectivity index (χ2v) is 5.24. The minimum atomic E-state index is -1.37. The Morgan fingerprint density at radius 2 is 1.79 bits per heavy atom. The third kappa shape index (κ3) is 2.62. The molecule has 0 spiro atoms. The van der Waals surface area contributed by atoms with Gasteiger partial charge in [0.15, 0.2) is 0 Å². The molecule has 1 saturated heterocycles. The number of hydrogen-bond donors (Lipinski definition) is 1. The zero-order chi connectivity index (χ0) is 14.0. The molecule has 1 N–H and O–H groups in total. The molecule has 4 heteroatoms. The summed E-state index contributed by atoms with van der Waals surface area (Å²) in [5, 5.41) is 9.01. The Morgan fingerprint density at radius 1 is 1.16 bits per heavy atom. The lowest BCUT2D eigenvalue weighted by molar-refractivity contribution is -0.160. The summed E-state index contributed by atoms with van der Waals surface area (Å²) in [4.78, 5) is 24.5. The maximum atomic E-state index is 12.0. The van der Waals surface area contributed by atoms with Gasteiger partial charge in [0.05, 0.1) is 6.04 Å². The quantitative estimate of drug-likeness (QED) is 0.790. The first-order valence-electron chi connectivity index (χ1n) is 6.63. The molecular formula is C15H19NO3. The molecule has 102 valence electrons. The molecule has 4 nitrogen and oxygen atoms in total. The summed E-state index contributed by atoms with van der Waals surface area (Å²) >= 11 is 0. The highest BCUT2D eigenvalue weighted by atomic mass is 16.4. The van der Waals surface area contributed by atoms with Gasteiger partial charge in [0, 0.05) is 6.04 Å². The van der Waals surface area contributed by atoms with E-state index in [2.05, 4.69) is 6.92 Å². The van der Waals surface area contributed by atoms with E-state index in [1.165, 1.54) is 4.90 Å². The van der Waals surface area contributed by atoms with E-state index < -0.39 is 11.9 Å². The van der Waals surface area contributed by atoms with E-state index in [0.29, 0.717) is 5.92 Å². The van der Waals surface area contributed by atoms with Crippen LogP contribution in [0.5, 0.6) is 0 Å². The van der Waals surface area contributed by atoms with Crippen LogP contribution in [0, 0.1) is 5.92 Å². The Morgan fingerprint density at radius 3 is 2.37 bits per heavy atom. The number of carboxylic acid groups (broad SMARTS) is 1. The van der Waals surface area contributed by atoms with Crippen LogP contribution >= 0.6 is 0 Å². The molecule has 1 aliphatic rings. The van der Waals surface area contributed by atoms with Gasteiger partial charge in [-0.05, 0) is 31.2 Å². The molecule has 1 aliphatic heterocycles. The molecule has 3 atom stereocenters. The van der Waals surface area contributed by atoms with Gasteiger partial charge in [-0.2, -0.15) is 0 Å². The molecule has 0 aromatic heterocycles. The average Bonchev–Trinajstić information content (AvgIpc) is 2.41. The molecule has 1 heterocycles. The fourth-order valence-corrected chi connectivity index (χ4v) is 2.80.